The van der Waals surface area contributed by atoms with Gasteiger partial charge in [0.1, 0.15) is 0 Å². The minimum atomic E-state index is -0.435. The van der Waals surface area contributed by atoms with Crippen LogP contribution in [0.1, 0.15) is 22.4 Å². The van der Waals surface area contributed by atoms with E-state index in [2.05, 4.69) is 19.9 Å². The van der Waals surface area contributed by atoms with Crippen LogP contribution in [-0.2, 0) is 19.5 Å². The second-order valence-corrected chi connectivity index (χ2v) is 6.15. The van der Waals surface area contributed by atoms with E-state index < -0.39 is 5.95 Å². The molecule has 0 radical (unpaired) electrons. The van der Waals surface area contributed by atoms with Gasteiger partial charge in [-0.3, -0.25) is 9.69 Å². The lowest BCUT2D eigenvalue weighted by molar-refractivity contribution is 0.236. The van der Waals surface area contributed by atoms with Gasteiger partial charge in [0.25, 0.3) is 5.56 Å². The van der Waals surface area contributed by atoms with E-state index in [-0.39, 0.29) is 5.56 Å². The number of aromatic nitrogens is 3. The molecule has 2 aromatic heterocycles. The second-order valence-electron chi connectivity index (χ2n) is 5.36. The number of H-pyrrole nitrogens is 1. The highest BCUT2D eigenvalue weighted by Gasteiger charge is 2.22. The number of rotatable bonds is 3. The molecule has 3 heterocycles. The van der Waals surface area contributed by atoms with Gasteiger partial charge >= 0.3 is 0 Å². The minimum absolute atomic E-state index is 0.0950. The number of aromatic amines is 1. The van der Waals surface area contributed by atoms with Crippen LogP contribution in [0.15, 0.2) is 22.2 Å². The van der Waals surface area contributed by atoms with Crippen LogP contribution < -0.4 is 5.56 Å². The molecular formula is C15H17FN4OS. The van der Waals surface area contributed by atoms with Crippen LogP contribution >= 0.6 is 11.8 Å². The van der Waals surface area contributed by atoms with Gasteiger partial charge in [0.05, 0.1) is 11.3 Å². The van der Waals surface area contributed by atoms with Crippen molar-refractivity contribution in [2.75, 3.05) is 12.8 Å². The number of hydrogen-bond acceptors (Lipinski definition) is 5. The number of thioether (sulfide) groups is 1. The molecule has 22 heavy (non-hydrogen) atoms. The van der Waals surface area contributed by atoms with Crippen molar-refractivity contribution in [3.63, 3.8) is 0 Å². The Balaban J connectivity index is 1.84. The second kappa shape index (κ2) is 6.18. The lowest BCUT2D eigenvalue weighted by Crippen LogP contribution is -2.35. The molecule has 0 bridgehead atoms. The highest BCUT2D eigenvalue weighted by molar-refractivity contribution is 7.98. The molecule has 0 aliphatic carbocycles. The molecule has 0 spiro atoms. The zero-order chi connectivity index (χ0) is 15.7. The van der Waals surface area contributed by atoms with Crippen LogP contribution in [0.3, 0.4) is 0 Å². The average Bonchev–Trinajstić information content (AvgIpc) is 2.51. The maximum absolute atomic E-state index is 13.9. The Morgan fingerprint density at radius 2 is 2.32 bits per heavy atom. The third-order valence-electron chi connectivity index (χ3n) is 3.94. The highest BCUT2D eigenvalue weighted by Crippen LogP contribution is 2.20. The summed E-state index contributed by atoms with van der Waals surface area (Å²) in [5.74, 6) is -0.435. The summed E-state index contributed by atoms with van der Waals surface area (Å²) in [4.78, 5) is 25.2. The zero-order valence-electron chi connectivity index (χ0n) is 12.5. The molecule has 5 nitrogen and oxygen atoms in total. The number of aryl methyl sites for hydroxylation is 1. The van der Waals surface area contributed by atoms with Crippen molar-refractivity contribution in [2.24, 2.45) is 0 Å². The van der Waals surface area contributed by atoms with Gasteiger partial charge in [0.2, 0.25) is 5.95 Å². The third-order valence-corrected chi connectivity index (χ3v) is 4.52. The normalized spacial score (nSPS) is 14.9. The fourth-order valence-electron chi connectivity index (χ4n) is 2.66. The first-order chi connectivity index (χ1) is 10.6. The molecular weight excluding hydrogens is 303 g/mol. The quantitative estimate of drug-likeness (QED) is 0.532. The summed E-state index contributed by atoms with van der Waals surface area (Å²) in [6, 6.07) is 1.80. The van der Waals surface area contributed by atoms with Crippen LogP contribution in [0.25, 0.3) is 0 Å². The number of pyridine rings is 1. The van der Waals surface area contributed by atoms with Gasteiger partial charge < -0.3 is 4.98 Å². The Hall–Kier alpha value is -1.73. The van der Waals surface area contributed by atoms with Gasteiger partial charge in [-0.1, -0.05) is 11.8 Å². The van der Waals surface area contributed by atoms with Crippen LogP contribution in [0.5, 0.6) is 0 Å². The molecule has 3 rings (SSSR count). The van der Waals surface area contributed by atoms with Crippen molar-refractivity contribution in [1.82, 2.24) is 19.9 Å². The van der Waals surface area contributed by atoms with Crippen molar-refractivity contribution in [3.8, 4) is 0 Å². The van der Waals surface area contributed by atoms with Gasteiger partial charge in [0, 0.05) is 37.8 Å². The van der Waals surface area contributed by atoms with Crippen molar-refractivity contribution in [1.29, 1.82) is 0 Å². The predicted octanol–water partition coefficient (Wildman–Crippen LogP) is 1.89. The molecule has 0 saturated carbocycles. The van der Waals surface area contributed by atoms with Gasteiger partial charge in [0.15, 0.2) is 5.16 Å². The summed E-state index contributed by atoms with van der Waals surface area (Å²) in [6.45, 7) is 3.57. The van der Waals surface area contributed by atoms with Crippen LogP contribution in [0.2, 0.25) is 0 Å². The summed E-state index contributed by atoms with van der Waals surface area (Å²) in [5.41, 5.74) is 2.92. The van der Waals surface area contributed by atoms with Gasteiger partial charge in [-0.05, 0) is 24.8 Å². The molecule has 116 valence electrons. The molecule has 1 N–H and O–H groups in total. The van der Waals surface area contributed by atoms with E-state index in [1.54, 1.807) is 6.07 Å². The van der Waals surface area contributed by atoms with Crippen LogP contribution in [0, 0.1) is 12.9 Å². The van der Waals surface area contributed by atoms with E-state index in [4.69, 9.17) is 0 Å². The first-order valence-corrected chi connectivity index (χ1v) is 8.29. The number of fused-ring (bicyclic) bond motifs is 1. The highest BCUT2D eigenvalue weighted by atomic mass is 32.2. The summed E-state index contributed by atoms with van der Waals surface area (Å²) in [6.07, 6.45) is 4.06. The van der Waals surface area contributed by atoms with Gasteiger partial charge in [-0.2, -0.15) is 4.39 Å². The number of nitrogens with zero attached hydrogens (tertiary/aromatic N) is 3. The molecule has 0 atom stereocenters. The maximum atomic E-state index is 13.9. The Labute approximate surface area is 132 Å². The molecule has 1 aliphatic rings. The monoisotopic (exact) mass is 320 g/mol. The molecule has 2 aromatic rings. The van der Waals surface area contributed by atoms with E-state index in [0.717, 1.165) is 17.8 Å². The Bertz CT molecular complexity index is 741. The first-order valence-electron chi connectivity index (χ1n) is 7.07. The molecule has 0 aromatic carbocycles. The lowest BCUT2D eigenvalue weighted by atomic mass is 10.1. The van der Waals surface area contributed by atoms with E-state index in [0.29, 0.717) is 35.8 Å². The number of hydrogen-bond donors (Lipinski definition) is 1. The lowest BCUT2D eigenvalue weighted by Gasteiger charge is -2.28. The van der Waals surface area contributed by atoms with E-state index >= 15 is 0 Å². The number of nitrogens with one attached hydrogen (secondary N) is 1. The standard InChI is InChI=1S/C15H17FN4OS/c1-9-3-5-17-13(16)10(9)7-20-6-4-12-11(8-20)14(21)19-15(18-12)22-2/h3,5H,4,6-8H2,1-2H3,(H,18,19,21). The number of halogens is 1. The minimum Gasteiger partial charge on any atom is -0.301 e. The fraction of sp³-hybridized carbons (Fsp3) is 0.400. The van der Waals surface area contributed by atoms with Crippen LogP contribution in [0.4, 0.5) is 4.39 Å². The maximum Gasteiger partial charge on any atom is 0.256 e. The third kappa shape index (κ3) is 2.91. The fourth-order valence-corrected chi connectivity index (χ4v) is 3.06. The molecule has 7 heteroatoms. The first kappa shape index (κ1) is 15.2. The Morgan fingerprint density at radius 1 is 1.50 bits per heavy atom. The predicted molar refractivity (Wildman–Crippen MR) is 83.4 cm³/mol. The van der Waals surface area contributed by atoms with Crippen molar-refractivity contribution < 1.29 is 4.39 Å². The largest absolute Gasteiger partial charge is 0.301 e. The van der Waals surface area contributed by atoms with Gasteiger partial charge in [-0.25, -0.2) is 9.97 Å². The van der Waals surface area contributed by atoms with Crippen molar-refractivity contribution >= 4 is 11.8 Å². The summed E-state index contributed by atoms with van der Waals surface area (Å²) < 4.78 is 13.9. The van der Waals surface area contributed by atoms with E-state index in [1.807, 2.05) is 13.2 Å². The summed E-state index contributed by atoms with van der Waals surface area (Å²) in [5, 5.41) is 0.645. The zero-order valence-corrected chi connectivity index (χ0v) is 13.3. The van der Waals surface area contributed by atoms with Crippen molar-refractivity contribution in [3.05, 3.63) is 50.9 Å². The SMILES string of the molecule is CSc1nc2c(c(=O)[nH]1)CN(Cc1c(C)ccnc1F)CC2. The Kier molecular flexibility index (Phi) is 4.26. The summed E-state index contributed by atoms with van der Waals surface area (Å²) >= 11 is 1.42. The smallest absolute Gasteiger partial charge is 0.256 e. The average molecular weight is 320 g/mol. The van der Waals surface area contributed by atoms with Gasteiger partial charge in [-0.15, -0.1) is 0 Å². The molecule has 0 saturated heterocycles. The van der Waals surface area contributed by atoms with Crippen LogP contribution in [-0.4, -0.2) is 32.7 Å². The molecule has 0 unspecified atom stereocenters. The summed E-state index contributed by atoms with van der Waals surface area (Å²) in [7, 11) is 0. The van der Waals surface area contributed by atoms with Crippen molar-refractivity contribution in [2.45, 2.75) is 31.6 Å². The van der Waals surface area contributed by atoms with E-state index in [9.17, 15) is 9.18 Å². The van der Waals surface area contributed by atoms with E-state index in [1.165, 1.54) is 18.0 Å². The Morgan fingerprint density at radius 3 is 3.05 bits per heavy atom. The molecule has 1 aliphatic heterocycles. The molecule has 0 amide bonds. The topological polar surface area (TPSA) is 61.9 Å². The molecule has 0 fully saturated rings.